The van der Waals surface area contributed by atoms with E-state index < -0.39 is 18.0 Å². The number of hydrogen-bond donors (Lipinski definition) is 1. The Morgan fingerprint density at radius 3 is 2.30 bits per heavy atom. The van der Waals surface area contributed by atoms with Gasteiger partial charge in [-0.15, -0.1) is 0 Å². The zero-order valence-corrected chi connectivity index (χ0v) is 17.2. The lowest BCUT2D eigenvalue weighted by Crippen LogP contribution is -2.31. The van der Waals surface area contributed by atoms with E-state index in [1.54, 1.807) is 18.2 Å². The molecule has 3 amide bonds. The summed E-state index contributed by atoms with van der Waals surface area (Å²) in [5, 5.41) is 2.80. The van der Waals surface area contributed by atoms with E-state index in [-0.39, 0.29) is 36.1 Å². The average molecular weight is 408 g/mol. The molecular weight excluding hydrogens is 384 g/mol. The van der Waals surface area contributed by atoms with E-state index in [4.69, 9.17) is 4.74 Å². The lowest BCUT2D eigenvalue weighted by molar-refractivity contribution is -0.124. The Kier molecular flexibility index (Phi) is 6.30. The van der Waals surface area contributed by atoms with Gasteiger partial charge in [0.1, 0.15) is 0 Å². The Morgan fingerprint density at radius 1 is 0.967 bits per heavy atom. The van der Waals surface area contributed by atoms with E-state index in [1.807, 2.05) is 32.0 Å². The van der Waals surface area contributed by atoms with Crippen LogP contribution in [0.25, 0.3) is 0 Å². The SMILES string of the molecule is CC(C)c1ccccc1NC(=O)[C@@H](C)OC(=O)c1cccc(N2C(=O)CCC2=O)c1. The van der Waals surface area contributed by atoms with Crippen LogP contribution in [0.1, 0.15) is 55.5 Å². The summed E-state index contributed by atoms with van der Waals surface area (Å²) in [6, 6.07) is 13.5. The number of amides is 3. The molecule has 1 fully saturated rings. The van der Waals surface area contributed by atoms with Crippen molar-refractivity contribution >= 4 is 35.1 Å². The van der Waals surface area contributed by atoms with E-state index in [9.17, 15) is 19.2 Å². The molecule has 7 heteroatoms. The lowest BCUT2D eigenvalue weighted by atomic mass is 10.0. The molecule has 0 unspecified atom stereocenters. The first kappa shape index (κ1) is 21.2. The van der Waals surface area contributed by atoms with E-state index >= 15 is 0 Å². The number of carbonyl (C=O) groups is 4. The summed E-state index contributed by atoms with van der Waals surface area (Å²) >= 11 is 0. The van der Waals surface area contributed by atoms with Gasteiger partial charge in [0.25, 0.3) is 5.91 Å². The molecule has 156 valence electrons. The highest BCUT2D eigenvalue weighted by Crippen LogP contribution is 2.25. The van der Waals surface area contributed by atoms with E-state index in [2.05, 4.69) is 5.32 Å². The molecular formula is C23H24N2O5. The van der Waals surface area contributed by atoms with Gasteiger partial charge >= 0.3 is 5.97 Å². The Labute approximate surface area is 175 Å². The molecule has 0 radical (unpaired) electrons. The second kappa shape index (κ2) is 8.90. The first-order valence-electron chi connectivity index (χ1n) is 9.84. The third kappa shape index (κ3) is 4.56. The van der Waals surface area contributed by atoms with Gasteiger partial charge in [-0.3, -0.25) is 19.3 Å². The van der Waals surface area contributed by atoms with Crippen molar-refractivity contribution in [2.24, 2.45) is 0 Å². The largest absolute Gasteiger partial charge is 0.449 e. The molecule has 0 aliphatic carbocycles. The Hall–Kier alpha value is -3.48. The Morgan fingerprint density at radius 2 is 1.63 bits per heavy atom. The standard InChI is InChI=1S/C23H24N2O5/c1-14(2)18-9-4-5-10-19(18)24-22(28)15(3)30-23(29)16-7-6-8-17(13-16)25-20(26)11-12-21(25)27/h4-10,13-15H,11-12H2,1-3H3,(H,24,28)/t15-/m1/s1. The minimum Gasteiger partial charge on any atom is -0.449 e. The molecule has 30 heavy (non-hydrogen) atoms. The van der Waals surface area contributed by atoms with Crippen molar-refractivity contribution in [2.75, 3.05) is 10.2 Å². The van der Waals surface area contributed by atoms with Crippen molar-refractivity contribution in [3.05, 3.63) is 59.7 Å². The zero-order chi connectivity index (χ0) is 21.8. The molecule has 3 rings (SSSR count). The number of anilines is 2. The maximum absolute atomic E-state index is 12.5. The summed E-state index contributed by atoms with van der Waals surface area (Å²) in [5.74, 6) is -1.55. The van der Waals surface area contributed by atoms with Crippen LogP contribution >= 0.6 is 0 Å². The van der Waals surface area contributed by atoms with Gasteiger partial charge in [-0.1, -0.05) is 38.1 Å². The number of ether oxygens (including phenoxy) is 1. The first-order chi connectivity index (χ1) is 14.3. The molecule has 1 aliphatic heterocycles. The van der Waals surface area contributed by atoms with Gasteiger partial charge in [0.05, 0.1) is 11.3 Å². The van der Waals surface area contributed by atoms with Gasteiger partial charge in [-0.2, -0.15) is 0 Å². The number of benzene rings is 2. The van der Waals surface area contributed by atoms with Crippen LogP contribution in [-0.4, -0.2) is 29.8 Å². The van der Waals surface area contributed by atoms with E-state index in [0.717, 1.165) is 10.5 Å². The van der Waals surface area contributed by atoms with Crippen LogP contribution < -0.4 is 10.2 Å². The van der Waals surface area contributed by atoms with Crippen molar-refractivity contribution in [1.82, 2.24) is 0 Å². The monoisotopic (exact) mass is 408 g/mol. The van der Waals surface area contributed by atoms with Crippen LogP contribution in [0.5, 0.6) is 0 Å². The second-order valence-electron chi connectivity index (χ2n) is 7.45. The van der Waals surface area contributed by atoms with Crippen LogP contribution in [0.2, 0.25) is 0 Å². The number of esters is 1. The number of nitrogens with zero attached hydrogens (tertiary/aromatic N) is 1. The predicted molar refractivity (Wildman–Crippen MR) is 112 cm³/mol. The summed E-state index contributed by atoms with van der Waals surface area (Å²) in [6.07, 6.45) is -0.720. The maximum Gasteiger partial charge on any atom is 0.338 e. The molecule has 1 N–H and O–H groups in total. The lowest BCUT2D eigenvalue weighted by Gasteiger charge is -2.18. The Balaban J connectivity index is 1.69. The van der Waals surface area contributed by atoms with Gasteiger partial charge in [0, 0.05) is 18.5 Å². The van der Waals surface area contributed by atoms with Crippen molar-refractivity contribution in [2.45, 2.75) is 45.6 Å². The highest BCUT2D eigenvalue weighted by Gasteiger charge is 2.31. The topological polar surface area (TPSA) is 92.8 Å². The molecule has 0 bridgehead atoms. The van der Waals surface area contributed by atoms with Gasteiger partial charge in [0.2, 0.25) is 11.8 Å². The molecule has 1 saturated heterocycles. The van der Waals surface area contributed by atoms with Gasteiger partial charge in [-0.05, 0) is 42.7 Å². The van der Waals surface area contributed by atoms with Crippen molar-refractivity contribution in [3.63, 3.8) is 0 Å². The van der Waals surface area contributed by atoms with Crippen LogP contribution in [0.4, 0.5) is 11.4 Å². The van der Waals surface area contributed by atoms with Crippen LogP contribution in [-0.2, 0) is 19.1 Å². The summed E-state index contributed by atoms with van der Waals surface area (Å²) in [5.41, 5.74) is 2.13. The Bertz CT molecular complexity index is 983. The van der Waals surface area contributed by atoms with E-state index in [0.29, 0.717) is 11.4 Å². The minimum atomic E-state index is -1.03. The number of carbonyl (C=O) groups excluding carboxylic acids is 4. The van der Waals surface area contributed by atoms with Crippen LogP contribution in [0, 0.1) is 0 Å². The summed E-state index contributed by atoms with van der Waals surface area (Å²) in [6.45, 7) is 5.54. The highest BCUT2D eigenvalue weighted by atomic mass is 16.5. The zero-order valence-electron chi connectivity index (χ0n) is 17.2. The molecule has 7 nitrogen and oxygen atoms in total. The summed E-state index contributed by atoms with van der Waals surface area (Å²) in [4.78, 5) is 50.0. The normalized spacial score (nSPS) is 14.7. The molecule has 1 heterocycles. The summed E-state index contributed by atoms with van der Waals surface area (Å²) in [7, 11) is 0. The summed E-state index contributed by atoms with van der Waals surface area (Å²) < 4.78 is 5.30. The van der Waals surface area contributed by atoms with E-state index in [1.165, 1.54) is 19.1 Å². The number of nitrogens with one attached hydrogen (secondary N) is 1. The molecule has 0 saturated carbocycles. The molecule has 0 aromatic heterocycles. The van der Waals surface area contributed by atoms with Crippen molar-refractivity contribution in [3.8, 4) is 0 Å². The number of imide groups is 1. The van der Waals surface area contributed by atoms with Crippen molar-refractivity contribution < 1.29 is 23.9 Å². The molecule has 1 aliphatic rings. The van der Waals surface area contributed by atoms with Crippen LogP contribution in [0.3, 0.4) is 0 Å². The third-order valence-corrected chi connectivity index (χ3v) is 4.89. The number of hydrogen-bond acceptors (Lipinski definition) is 5. The highest BCUT2D eigenvalue weighted by molar-refractivity contribution is 6.20. The number of para-hydroxylation sites is 1. The fraction of sp³-hybridized carbons (Fsp3) is 0.304. The fourth-order valence-corrected chi connectivity index (χ4v) is 3.27. The quantitative estimate of drug-likeness (QED) is 0.582. The minimum absolute atomic E-state index is 0.155. The second-order valence-corrected chi connectivity index (χ2v) is 7.45. The fourth-order valence-electron chi connectivity index (χ4n) is 3.27. The van der Waals surface area contributed by atoms with Gasteiger partial charge in [-0.25, -0.2) is 4.79 Å². The predicted octanol–water partition coefficient (Wildman–Crippen LogP) is 3.65. The molecule has 2 aromatic rings. The first-order valence-corrected chi connectivity index (χ1v) is 9.84. The van der Waals surface area contributed by atoms with Gasteiger partial charge < -0.3 is 10.1 Å². The molecule has 2 aromatic carbocycles. The molecule has 1 atom stereocenters. The smallest absolute Gasteiger partial charge is 0.338 e. The van der Waals surface area contributed by atoms with Crippen molar-refractivity contribution in [1.29, 1.82) is 0 Å². The maximum atomic E-state index is 12.5. The third-order valence-electron chi connectivity index (χ3n) is 4.89. The molecule has 0 spiro atoms. The number of rotatable bonds is 6. The van der Waals surface area contributed by atoms with Gasteiger partial charge in [0.15, 0.2) is 6.10 Å². The van der Waals surface area contributed by atoms with Crippen LogP contribution in [0.15, 0.2) is 48.5 Å². The average Bonchev–Trinajstić information content (AvgIpc) is 3.06.